The van der Waals surface area contributed by atoms with Gasteiger partial charge in [-0.3, -0.25) is 4.68 Å². The van der Waals surface area contributed by atoms with Crippen molar-refractivity contribution in [2.45, 2.75) is 39.3 Å². The third-order valence-corrected chi connectivity index (χ3v) is 7.05. The van der Waals surface area contributed by atoms with E-state index in [1.807, 2.05) is 41.9 Å². The van der Waals surface area contributed by atoms with Gasteiger partial charge >= 0.3 is 5.97 Å². The van der Waals surface area contributed by atoms with Crippen molar-refractivity contribution in [2.75, 3.05) is 24.3 Å². The Hall–Kier alpha value is -4.84. The molecule has 1 aromatic carbocycles. The zero-order valence-electron chi connectivity index (χ0n) is 23.2. The van der Waals surface area contributed by atoms with Crippen LogP contribution in [0.2, 0.25) is 0 Å². The highest BCUT2D eigenvalue weighted by molar-refractivity contribution is 6.03. The van der Waals surface area contributed by atoms with Gasteiger partial charge in [0.1, 0.15) is 5.82 Å². The quantitative estimate of drug-likeness (QED) is 0.269. The Morgan fingerprint density at radius 1 is 1.22 bits per heavy atom. The van der Waals surface area contributed by atoms with Crippen LogP contribution in [0.3, 0.4) is 0 Å². The van der Waals surface area contributed by atoms with Crippen molar-refractivity contribution in [2.24, 2.45) is 7.05 Å². The highest BCUT2D eigenvalue weighted by Gasteiger charge is 2.27. The number of hydrogen-bond acceptors (Lipinski definition) is 10. The lowest BCUT2D eigenvalue weighted by Gasteiger charge is -2.23. The molecule has 1 aliphatic rings. The average Bonchev–Trinajstić information content (AvgIpc) is 3.57. The van der Waals surface area contributed by atoms with E-state index in [2.05, 4.69) is 20.4 Å². The number of ether oxygens (including phenoxy) is 2. The Kier molecular flexibility index (Phi) is 7.06. The van der Waals surface area contributed by atoms with E-state index in [-0.39, 0.29) is 30.0 Å². The molecule has 0 spiro atoms. The summed E-state index contributed by atoms with van der Waals surface area (Å²) in [7, 11) is 1.80. The van der Waals surface area contributed by atoms with Crippen LogP contribution in [0, 0.1) is 6.92 Å². The monoisotopic (exact) mass is 553 g/mol. The third-order valence-electron chi connectivity index (χ3n) is 7.05. The summed E-state index contributed by atoms with van der Waals surface area (Å²) in [5, 5.41) is 13.3. The SMILES string of the molecule is CCOC(=O)c1nc(-c2cn(C)nc2Nc2ccccn2)nc(-c2c(C)ccc3c2cnn3C2CCCCO2)c1N. The number of fused-ring (bicyclic) bond motifs is 1. The number of hydrogen-bond donors (Lipinski definition) is 2. The Bertz CT molecular complexity index is 1720. The number of rotatable bonds is 7. The Balaban J connectivity index is 1.54. The highest BCUT2D eigenvalue weighted by atomic mass is 16.5. The first-order valence-corrected chi connectivity index (χ1v) is 13.6. The van der Waals surface area contributed by atoms with Gasteiger partial charge < -0.3 is 20.5 Å². The molecule has 6 rings (SSSR count). The smallest absolute Gasteiger partial charge is 0.359 e. The van der Waals surface area contributed by atoms with Gasteiger partial charge in [-0.25, -0.2) is 24.4 Å². The molecule has 5 aromatic rings. The number of benzene rings is 1. The number of aromatic nitrogens is 7. The normalized spacial score (nSPS) is 15.2. The Morgan fingerprint density at radius 2 is 2.10 bits per heavy atom. The van der Waals surface area contributed by atoms with Crippen molar-refractivity contribution in [3.8, 4) is 22.6 Å². The van der Waals surface area contributed by atoms with Crippen molar-refractivity contribution >= 4 is 34.2 Å². The van der Waals surface area contributed by atoms with Crippen molar-refractivity contribution in [1.82, 2.24) is 34.5 Å². The van der Waals surface area contributed by atoms with E-state index in [0.29, 0.717) is 29.5 Å². The maximum atomic E-state index is 13.1. The van der Waals surface area contributed by atoms with Crippen molar-refractivity contribution in [1.29, 1.82) is 0 Å². The molecule has 12 heteroatoms. The summed E-state index contributed by atoms with van der Waals surface area (Å²) in [6, 6.07) is 9.56. The predicted molar refractivity (Wildman–Crippen MR) is 154 cm³/mol. The van der Waals surface area contributed by atoms with Crippen LogP contribution in [0.15, 0.2) is 48.9 Å². The number of nitrogens with one attached hydrogen (secondary N) is 1. The number of nitrogens with zero attached hydrogens (tertiary/aromatic N) is 7. The zero-order chi connectivity index (χ0) is 28.5. The second-order valence-electron chi connectivity index (χ2n) is 9.88. The predicted octanol–water partition coefficient (Wildman–Crippen LogP) is 4.80. The molecule has 0 bridgehead atoms. The highest BCUT2D eigenvalue weighted by Crippen LogP contribution is 2.39. The van der Waals surface area contributed by atoms with E-state index < -0.39 is 5.97 Å². The van der Waals surface area contributed by atoms with Crippen LogP contribution in [0.5, 0.6) is 0 Å². The minimum Gasteiger partial charge on any atom is -0.461 e. The molecule has 5 heterocycles. The Morgan fingerprint density at radius 3 is 2.85 bits per heavy atom. The van der Waals surface area contributed by atoms with Gasteiger partial charge in [-0.05, 0) is 56.9 Å². The van der Waals surface area contributed by atoms with Crippen LogP contribution in [0.4, 0.5) is 17.3 Å². The number of nitrogens with two attached hydrogens (primary N) is 1. The van der Waals surface area contributed by atoms with Crippen LogP contribution in [0.1, 0.15) is 48.5 Å². The number of carbonyl (C=O) groups is 1. The lowest BCUT2D eigenvalue weighted by atomic mass is 9.99. The van der Waals surface area contributed by atoms with E-state index in [1.165, 1.54) is 0 Å². The minimum absolute atomic E-state index is 0.0149. The fraction of sp³-hybridized carbons (Fsp3) is 0.310. The molecule has 41 heavy (non-hydrogen) atoms. The summed E-state index contributed by atoms with van der Waals surface area (Å²) in [5.74, 6) is 0.720. The van der Waals surface area contributed by atoms with E-state index in [9.17, 15) is 4.79 Å². The molecule has 0 amide bonds. The second-order valence-corrected chi connectivity index (χ2v) is 9.88. The minimum atomic E-state index is -0.630. The molecule has 4 aromatic heterocycles. The van der Waals surface area contributed by atoms with Crippen molar-refractivity contribution in [3.63, 3.8) is 0 Å². The standard InChI is InChI=1S/C29H31N9O3/c1-4-40-29(39)26-24(30)25(23-17(2)11-12-20-18(23)15-32-38(20)22-10-6-8-14-41-22)34-27(35-26)19-16-37(3)36-28(19)33-21-9-5-7-13-31-21/h5,7,9,11-13,15-16,22H,4,6,8,10,14,30H2,1-3H3,(H,31,33,36). The van der Waals surface area contributed by atoms with Gasteiger partial charge in [-0.15, -0.1) is 0 Å². The molecule has 3 N–H and O–H groups in total. The maximum absolute atomic E-state index is 13.1. The van der Waals surface area contributed by atoms with E-state index in [4.69, 9.17) is 25.3 Å². The second kappa shape index (κ2) is 11.0. The fourth-order valence-electron chi connectivity index (χ4n) is 5.13. The molecular weight excluding hydrogens is 522 g/mol. The summed E-state index contributed by atoms with van der Waals surface area (Å²) in [6.07, 6.45) is 8.14. The van der Waals surface area contributed by atoms with Gasteiger partial charge in [0.25, 0.3) is 0 Å². The van der Waals surface area contributed by atoms with E-state index >= 15 is 0 Å². The average molecular weight is 554 g/mol. The lowest BCUT2D eigenvalue weighted by molar-refractivity contribution is -0.0366. The molecule has 1 fully saturated rings. The molecular formula is C29H31N9O3. The fourth-order valence-corrected chi connectivity index (χ4v) is 5.13. The summed E-state index contributed by atoms with van der Waals surface area (Å²) < 4.78 is 14.9. The number of nitrogen functional groups attached to an aromatic ring is 1. The molecule has 0 aliphatic carbocycles. The van der Waals surface area contributed by atoms with Gasteiger partial charge in [-0.2, -0.15) is 10.2 Å². The van der Waals surface area contributed by atoms with Gasteiger partial charge in [0.05, 0.1) is 35.3 Å². The summed E-state index contributed by atoms with van der Waals surface area (Å²) >= 11 is 0. The van der Waals surface area contributed by atoms with Crippen molar-refractivity contribution in [3.05, 3.63) is 60.2 Å². The molecule has 1 atom stereocenters. The molecule has 1 unspecified atom stereocenters. The topological polar surface area (TPSA) is 148 Å². The molecule has 210 valence electrons. The summed E-state index contributed by atoms with van der Waals surface area (Å²) in [5.41, 5.74) is 10.3. The first kappa shape index (κ1) is 26.4. The third kappa shape index (κ3) is 4.97. The number of aryl methyl sites for hydroxylation is 2. The molecule has 12 nitrogen and oxygen atoms in total. The summed E-state index contributed by atoms with van der Waals surface area (Å²) in [4.78, 5) is 27.0. The largest absolute Gasteiger partial charge is 0.461 e. The van der Waals surface area contributed by atoms with E-state index in [0.717, 1.165) is 41.3 Å². The zero-order valence-corrected chi connectivity index (χ0v) is 23.2. The number of pyridine rings is 1. The van der Waals surface area contributed by atoms with Gasteiger partial charge in [-0.1, -0.05) is 12.1 Å². The van der Waals surface area contributed by atoms with Gasteiger partial charge in [0.15, 0.2) is 23.6 Å². The lowest BCUT2D eigenvalue weighted by Crippen LogP contribution is -2.19. The van der Waals surface area contributed by atoms with Crippen LogP contribution in [-0.2, 0) is 16.5 Å². The number of carbonyl (C=O) groups excluding carboxylic acids is 1. The molecule has 0 saturated carbocycles. The van der Waals surface area contributed by atoms with E-state index in [1.54, 1.807) is 37.2 Å². The van der Waals surface area contributed by atoms with Crippen LogP contribution >= 0.6 is 0 Å². The number of esters is 1. The van der Waals surface area contributed by atoms with Gasteiger partial charge in [0, 0.05) is 37.0 Å². The first-order valence-electron chi connectivity index (χ1n) is 13.6. The maximum Gasteiger partial charge on any atom is 0.359 e. The summed E-state index contributed by atoms with van der Waals surface area (Å²) in [6.45, 7) is 4.59. The van der Waals surface area contributed by atoms with Crippen molar-refractivity contribution < 1.29 is 14.3 Å². The molecule has 0 radical (unpaired) electrons. The Labute approximate surface area is 236 Å². The first-order chi connectivity index (χ1) is 19.9. The molecule has 1 saturated heterocycles. The van der Waals surface area contributed by atoms with Crippen LogP contribution in [-0.4, -0.2) is 53.7 Å². The van der Waals surface area contributed by atoms with Crippen LogP contribution in [0.25, 0.3) is 33.5 Å². The number of anilines is 3. The van der Waals surface area contributed by atoms with Crippen LogP contribution < -0.4 is 11.1 Å². The van der Waals surface area contributed by atoms with Gasteiger partial charge in [0.2, 0.25) is 0 Å². The molecule has 1 aliphatic heterocycles.